The van der Waals surface area contributed by atoms with Crippen molar-refractivity contribution in [3.8, 4) is 0 Å². The summed E-state index contributed by atoms with van der Waals surface area (Å²) in [5.41, 5.74) is 10.9. The number of carbonyl (C=O) groups excluding carboxylic acids is 1. The quantitative estimate of drug-likeness (QED) is 0.368. The molecular formula is C12H12BrN5O2. The number of carbonyl (C=O) groups is 1. The molecule has 0 aromatic heterocycles. The van der Waals surface area contributed by atoms with Crippen LogP contribution in [0, 0.1) is 0 Å². The molecule has 1 aromatic rings. The number of ether oxygens (including phenoxy) is 1. The molecule has 2 aliphatic heterocycles. The third-order valence-corrected chi connectivity index (χ3v) is 5.05. The molecule has 1 N–H and O–H groups in total. The standard InChI is InChI=1S/C12H12BrN5O2/c1-20-11(19)18-6-5-12(13)7-3-2-4-8(16-17-14)9(7)15-10(12)18/h2-4,10,15H,5-6H2,1H3/t10-,12+/m0/s1. The molecule has 2 atom stereocenters. The highest BCUT2D eigenvalue weighted by molar-refractivity contribution is 9.09. The number of benzene rings is 1. The van der Waals surface area contributed by atoms with Gasteiger partial charge in [0.1, 0.15) is 6.17 Å². The molecule has 2 aliphatic rings. The van der Waals surface area contributed by atoms with Crippen LogP contribution in [0.25, 0.3) is 10.4 Å². The van der Waals surface area contributed by atoms with Crippen LogP contribution in [0.3, 0.4) is 0 Å². The van der Waals surface area contributed by atoms with Crippen molar-refractivity contribution in [3.05, 3.63) is 34.2 Å². The second-order valence-corrected chi connectivity index (χ2v) is 6.13. The number of methoxy groups -OCH3 is 1. The highest BCUT2D eigenvalue weighted by Crippen LogP contribution is 2.55. The first-order valence-electron chi connectivity index (χ1n) is 6.10. The highest BCUT2D eigenvalue weighted by Gasteiger charge is 2.54. The maximum absolute atomic E-state index is 11.8. The molecule has 7 nitrogen and oxygen atoms in total. The average Bonchev–Trinajstić information content (AvgIpc) is 2.92. The third-order valence-electron chi connectivity index (χ3n) is 3.79. The number of halogens is 1. The van der Waals surface area contributed by atoms with Crippen LogP contribution in [-0.2, 0) is 9.06 Å². The molecule has 1 saturated heterocycles. The first-order chi connectivity index (χ1) is 9.61. The van der Waals surface area contributed by atoms with Crippen LogP contribution in [0.4, 0.5) is 16.2 Å². The predicted octanol–water partition coefficient (Wildman–Crippen LogP) is 3.44. The van der Waals surface area contributed by atoms with Gasteiger partial charge in [-0.15, -0.1) is 0 Å². The summed E-state index contributed by atoms with van der Waals surface area (Å²) in [6, 6.07) is 5.55. The number of rotatable bonds is 1. The van der Waals surface area contributed by atoms with Crippen LogP contribution in [0.2, 0.25) is 0 Å². The number of hydrogen-bond donors (Lipinski definition) is 1. The smallest absolute Gasteiger partial charge is 0.411 e. The summed E-state index contributed by atoms with van der Waals surface area (Å²) < 4.78 is 4.43. The summed E-state index contributed by atoms with van der Waals surface area (Å²) in [6.07, 6.45) is 0.133. The van der Waals surface area contributed by atoms with Gasteiger partial charge in [-0.1, -0.05) is 39.2 Å². The predicted molar refractivity (Wildman–Crippen MR) is 77.0 cm³/mol. The van der Waals surface area contributed by atoms with E-state index in [1.54, 1.807) is 11.0 Å². The molecule has 0 saturated carbocycles. The number of hydrogen-bond acceptors (Lipinski definition) is 4. The third kappa shape index (κ3) is 1.65. The van der Waals surface area contributed by atoms with Gasteiger partial charge in [0, 0.05) is 11.5 Å². The Balaban J connectivity index is 2.06. The molecule has 3 rings (SSSR count). The minimum Gasteiger partial charge on any atom is -0.453 e. The van der Waals surface area contributed by atoms with Crippen molar-refractivity contribution in [2.45, 2.75) is 16.9 Å². The van der Waals surface area contributed by atoms with Gasteiger partial charge >= 0.3 is 6.09 Å². The zero-order valence-electron chi connectivity index (χ0n) is 10.7. The SMILES string of the molecule is COC(=O)N1CC[C@@]2(Br)c3cccc(N=[N+]=[N-])c3N[C@@H]12. The molecular weight excluding hydrogens is 326 g/mol. The zero-order chi connectivity index (χ0) is 14.3. The van der Waals surface area contributed by atoms with Gasteiger partial charge in [-0.3, -0.25) is 4.90 Å². The van der Waals surface area contributed by atoms with Gasteiger partial charge in [-0.05, 0) is 17.5 Å². The summed E-state index contributed by atoms with van der Waals surface area (Å²) >= 11 is 3.75. The average molecular weight is 338 g/mol. The number of amides is 1. The van der Waals surface area contributed by atoms with E-state index < -0.39 is 0 Å². The van der Waals surface area contributed by atoms with Gasteiger partial charge in [0.15, 0.2) is 0 Å². The Bertz CT molecular complexity index is 630. The molecule has 8 heteroatoms. The fraction of sp³-hybridized carbons (Fsp3) is 0.417. The molecule has 104 valence electrons. The van der Waals surface area contributed by atoms with E-state index in [0.717, 1.165) is 17.7 Å². The van der Waals surface area contributed by atoms with E-state index in [9.17, 15) is 4.79 Å². The number of likely N-dealkylation sites (tertiary alicyclic amines) is 1. The molecule has 1 aromatic carbocycles. The molecule has 0 bridgehead atoms. The van der Waals surface area contributed by atoms with Crippen molar-refractivity contribution < 1.29 is 9.53 Å². The van der Waals surface area contributed by atoms with E-state index in [1.807, 2.05) is 12.1 Å². The van der Waals surface area contributed by atoms with E-state index in [2.05, 4.69) is 31.3 Å². The monoisotopic (exact) mass is 337 g/mol. The summed E-state index contributed by atoms with van der Waals surface area (Å²) in [4.78, 5) is 16.3. The molecule has 0 unspecified atom stereocenters. The minimum atomic E-state index is -0.377. The first-order valence-corrected chi connectivity index (χ1v) is 6.90. The Hall–Kier alpha value is -1.92. The van der Waals surface area contributed by atoms with Crippen molar-refractivity contribution in [1.29, 1.82) is 0 Å². The van der Waals surface area contributed by atoms with Gasteiger partial charge in [0.05, 0.1) is 22.8 Å². The lowest BCUT2D eigenvalue weighted by atomic mass is 9.98. The fourth-order valence-corrected chi connectivity index (χ4v) is 3.76. The van der Waals surface area contributed by atoms with Gasteiger partial charge < -0.3 is 10.1 Å². The first kappa shape index (κ1) is 13.1. The molecule has 0 aliphatic carbocycles. The molecule has 2 heterocycles. The number of nitrogens with one attached hydrogen (secondary N) is 1. The van der Waals surface area contributed by atoms with Crippen molar-refractivity contribution >= 4 is 33.4 Å². The van der Waals surface area contributed by atoms with E-state index in [-0.39, 0.29) is 16.6 Å². The second kappa shape index (κ2) is 4.57. The largest absolute Gasteiger partial charge is 0.453 e. The summed E-state index contributed by atoms with van der Waals surface area (Å²) in [7, 11) is 1.37. The number of azide groups is 1. The Labute approximate surface area is 123 Å². The highest BCUT2D eigenvalue weighted by atomic mass is 79.9. The van der Waals surface area contributed by atoms with Crippen LogP contribution in [0.1, 0.15) is 12.0 Å². The summed E-state index contributed by atoms with van der Waals surface area (Å²) in [6.45, 7) is 0.598. The van der Waals surface area contributed by atoms with E-state index in [1.165, 1.54) is 7.11 Å². The van der Waals surface area contributed by atoms with Crippen LogP contribution in [0.15, 0.2) is 23.3 Å². The van der Waals surface area contributed by atoms with E-state index >= 15 is 0 Å². The maximum Gasteiger partial charge on any atom is 0.411 e. The number of fused-ring (bicyclic) bond motifs is 3. The van der Waals surface area contributed by atoms with Crippen LogP contribution in [0.5, 0.6) is 0 Å². The number of alkyl halides is 1. The Morgan fingerprint density at radius 2 is 2.50 bits per heavy atom. The minimum absolute atomic E-state index is 0.250. The Morgan fingerprint density at radius 1 is 1.70 bits per heavy atom. The molecule has 20 heavy (non-hydrogen) atoms. The van der Waals surface area contributed by atoms with Crippen molar-refractivity contribution in [2.75, 3.05) is 19.0 Å². The topological polar surface area (TPSA) is 90.3 Å². The number of para-hydroxylation sites is 1. The lowest BCUT2D eigenvalue weighted by molar-refractivity contribution is 0.121. The van der Waals surface area contributed by atoms with Crippen LogP contribution in [-0.4, -0.2) is 30.8 Å². The molecule has 1 fully saturated rings. The second-order valence-electron chi connectivity index (χ2n) is 4.71. The molecule has 1 amide bonds. The van der Waals surface area contributed by atoms with E-state index in [4.69, 9.17) is 10.3 Å². The zero-order valence-corrected chi connectivity index (χ0v) is 12.3. The summed E-state index contributed by atoms with van der Waals surface area (Å²) in [5.74, 6) is 0. The Morgan fingerprint density at radius 3 is 3.20 bits per heavy atom. The lowest BCUT2D eigenvalue weighted by Gasteiger charge is -2.27. The number of anilines is 1. The van der Waals surface area contributed by atoms with Gasteiger partial charge in [-0.25, -0.2) is 4.79 Å². The maximum atomic E-state index is 11.8. The van der Waals surface area contributed by atoms with Crippen molar-refractivity contribution in [1.82, 2.24) is 4.90 Å². The number of nitrogens with zero attached hydrogens (tertiary/aromatic N) is 4. The van der Waals surface area contributed by atoms with Gasteiger partial charge in [0.25, 0.3) is 0 Å². The lowest BCUT2D eigenvalue weighted by Crippen LogP contribution is -2.43. The molecule has 0 spiro atoms. The summed E-state index contributed by atoms with van der Waals surface area (Å²) in [5, 5.41) is 6.96. The van der Waals surface area contributed by atoms with Crippen LogP contribution < -0.4 is 5.32 Å². The van der Waals surface area contributed by atoms with E-state index in [0.29, 0.717) is 12.2 Å². The van der Waals surface area contributed by atoms with Crippen molar-refractivity contribution in [3.63, 3.8) is 0 Å². The van der Waals surface area contributed by atoms with Gasteiger partial charge in [-0.2, -0.15) is 0 Å². The molecule has 0 radical (unpaired) electrons. The van der Waals surface area contributed by atoms with Crippen molar-refractivity contribution in [2.24, 2.45) is 5.11 Å². The Kier molecular flexibility index (Phi) is 2.99. The fourth-order valence-electron chi connectivity index (χ4n) is 2.89. The normalized spacial score (nSPS) is 26.3. The van der Waals surface area contributed by atoms with Crippen LogP contribution >= 0.6 is 15.9 Å². The van der Waals surface area contributed by atoms with Gasteiger partial charge in [0.2, 0.25) is 0 Å².